The Morgan fingerprint density at radius 1 is 1.10 bits per heavy atom. The summed E-state index contributed by atoms with van der Waals surface area (Å²) in [5.41, 5.74) is 1.73. The maximum atomic E-state index is 4.35. The van der Waals surface area contributed by atoms with Gasteiger partial charge in [0.05, 0.1) is 18.1 Å². The molecule has 0 aliphatic heterocycles. The highest BCUT2D eigenvalue weighted by Crippen LogP contribution is 2.12. The van der Waals surface area contributed by atoms with Crippen LogP contribution in [0.1, 0.15) is 12.6 Å². The lowest BCUT2D eigenvalue weighted by Gasteiger charge is -2.02. The third-order valence-electron chi connectivity index (χ3n) is 2.85. The van der Waals surface area contributed by atoms with E-state index in [0.29, 0.717) is 12.4 Å². The lowest BCUT2D eigenvalue weighted by molar-refractivity contribution is 0.563. The van der Waals surface area contributed by atoms with Crippen molar-refractivity contribution in [2.24, 2.45) is 0 Å². The highest BCUT2D eigenvalue weighted by molar-refractivity contribution is 5.52. The third kappa shape index (κ3) is 3.19. The monoisotopic (exact) mass is 281 g/mol. The molecule has 21 heavy (non-hydrogen) atoms. The van der Waals surface area contributed by atoms with E-state index >= 15 is 0 Å². The molecule has 2 heterocycles. The van der Waals surface area contributed by atoms with E-state index < -0.39 is 0 Å². The minimum Gasteiger partial charge on any atom is -0.369 e. The van der Waals surface area contributed by atoms with E-state index in [1.54, 1.807) is 12.4 Å². The van der Waals surface area contributed by atoms with Crippen LogP contribution in [-0.2, 0) is 6.54 Å². The van der Waals surface area contributed by atoms with Crippen LogP contribution in [0.3, 0.4) is 0 Å². The summed E-state index contributed by atoms with van der Waals surface area (Å²) in [5.74, 6) is 1.37. The van der Waals surface area contributed by atoms with Crippen LogP contribution in [0.4, 0.5) is 5.82 Å². The van der Waals surface area contributed by atoms with Crippen LogP contribution in [-0.4, -0.2) is 36.7 Å². The van der Waals surface area contributed by atoms with E-state index in [0.717, 1.165) is 23.6 Å². The summed E-state index contributed by atoms with van der Waals surface area (Å²) in [6, 6.07) is 9.75. The smallest absolute Gasteiger partial charge is 0.204 e. The fraction of sp³-hybridized carbons (Fsp3) is 0.214. The lowest BCUT2D eigenvalue weighted by atomic mass is 10.2. The molecule has 0 atom stereocenters. The topological polar surface area (TPSA) is 81.4 Å². The molecule has 0 saturated heterocycles. The van der Waals surface area contributed by atoms with Gasteiger partial charge in [-0.1, -0.05) is 30.3 Å². The zero-order valence-electron chi connectivity index (χ0n) is 11.6. The Kier molecular flexibility index (Phi) is 3.81. The van der Waals surface area contributed by atoms with Crippen molar-refractivity contribution in [2.75, 3.05) is 11.9 Å². The Morgan fingerprint density at radius 3 is 2.67 bits per heavy atom. The Balaban J connectivity index is 1.72. The molecule has 0 saturated carbocycles. The maximum Gasteiger partial charge on any atom is 0.204 e. The van der Waals surface area contributed by atoms with E-state index in [-0.39, 0.29) is 0 Å². The summed E-state index contributed by atoms with van der Waals surface area (Å²) in [7, 11) is 0. The Hall–Kier alpha value is -2.83. The normalized spacial score (nSPS) is 10.5. The fourth-order valence-electron chi connectivity index (χ4n) is 1.87. The number of nitrogens with zero attached hydrogens (tertiary/aromatic N) is 6. The molecule has 0 aliphatic rings. The molecule has 3 rings (SSSR count). The number of benzene rings is 1. The van der Waals surface area contributed by atoms with Gasteiger partial charge in [-0.25, -0.2) is 4.98 Å². The molecule has 1 N–H and O–H groups in total. The van der Waals surface area contributed by atoms with Gasteiger partial charge >= 0.3 is 0 Å². The van der Waals surface area contributed by atoms with Crippen molar-refractivity contribution in [1.82, 2.24) is 30.2 Å². The second-order valence-electron chi connectivity index (χ2n) is 4.43. The van der Waals surface area contributed by atoms with Crippen LogP contribution in [0.15, 0.2) is 42.7 Å². The highest BCUT2D eigenvalue weighted by Gasteiger charge is 2.06. The van der Waals surface area contributed by atoms with Gasteiger partial charge < -0.3 is 5.32 Å². The van der Waals surface area contributed by atoms with Gasteiger partial charge in [-0.2, -0.15) is 4.80 Å². The molecule has 3 aromatic rings. The predicted octanol–water partition coefficient (Wildman–Crippen LogP) is 1.61. The van der Waals surface area contributed by atoms with E-state index in [4.69, 9.17) is 0 Å². The van der Waals surface area contributed by atoms with Crippen LogP contribution in [0.2, 0.25) is 0 Å². The van der Waals surface area contributed by atoms with Gasteiger partial charge in [0.2, 0.25) is 5.82 Å². The zero-order valence-corrected chi connectivity index (χ0v) is 11.6. The van der Waals surface area contributed by atoms with Gasteiger partial charge in [0.15, 0.2) is 0 Å². The summed E-state index contributed by atoms with van der Waals surface area (Å²) >= 11 is 0. The summed E-state index contributed by atoms with van der Waals surface area (Å²) in [5, 5.41) is 15.5. The van der Waals surface area contributed by atoms with Gasteiger partial charge in [-0.15, -0.1) is 10.2 Å². The predicted molar refractivity (Wildman–Crippen MR) is 78.6 cm³/mol. The molecule has 1 aromatic carbocycles. The standard InChI is InChI=1S/C14H15N7/c1-2-15-13-9-16-12(8-17-13)10-21-19-14(18-20-21)11-6-4-3-5-7-11/h3-9H,2,10H2,1H3,(H,15,17). The molecule has 7 nitrogen and oxygen atoms in total. The zero-order chi connectivity index (χ0) is 14.5. The largest absolute Gasteiger partial charge is 0.369 e. The molecule has 0 amide bonds. The van der Waals surface area contributed by atoms with Crippen LogP contribution < -0.4 is 5.32 Å². The molecule has 2 aromatic heterocycles. The summed E-state index contributed by atoms with van der Waals surface area (Å²) in [6.45, 7) is 3.28. The first-order valence-electron chi connectivity index (χ1n) is 6.73. The minimum absolute atomic E-state index is 0.444. The quantitative estimate of drug-likeness (QED) is 0.765. The van der Waals surface area contributed by atoms with Crippen molar-refractivity contribution < 1.29 is 0 Å². The molecule has 0 aliphatic carbocycles. The first-order valence-corrected chi connectivity index (χ1v) is 6.73. The molecule has 0 fully saturated rings. The van der Waals surface area contributed by atoms with Crippen LogP contribution in [0, 0.1) is 0 Å². The molecule has 7 heteroatoms. The second kappa shape index (κ2) is 6.08. The maximum absolute atomic E-state index is 4.35. The van der Waals surface area contributed by atoms with Crippen LogP contribution in [0.25, 0.3) is 11.4 Å². The van der Waals surface area contributed by atoms with E-state index in [1.807, 2.05) is 37.3 Å². The first-order chi connectivity index (χ1) is 10.3. The average molecular weight is 281 g/mol. The number of hydrogen-bond acceptors (Lipinski definition) is 6. The molecule has 0 spiro atoms. The van der Waals surface area contributed by atoms with Gasteiger partial charge in [0, 0.05) is 12.1 Å². The van der Waals surface area contributed by atoms with Crippen molar-refractivity contribution in [3.8, 4) is 11.4 Å². The van der Waals surface area contributed by atoms with Gasteiger partial charge in [-0.3, -0.25) is 4.98 Å². The molecule has 106 valence electrons. The van der Waals surface area contributed by atoms with Crippen LogP contribution in [0.5, 0.6) is 0 Å². The number of tetrazole rings is 1. The van der Waals surface area contributed by atoms with Crippen molar-refractivity contribution in [1.29, 1.82) is 0 Å². The molecule has 0 unspecified atom stereocenters. The number of anilines is 1. The van der Waals surface area contributed by atoms with Crippen molar-refractivity contribution >= 4 is 5.82 Å². The van der Waals surface area contributed by atoms with Crippen molar-refractivity contribution in [3.63, 3.8) is 0 Å². The highest BCUT2D eigenvalue weighted by atomic mass is 15.6. The molecular weight excluding hydrogens is 266 g/mol. The first kappa shape index (κ1) is 13.2. The summed E-state index contributed by atoms with van der Waals surface area (Å²) in [4.78, 5) is 10.1. The average Bonchev–Trinajstić information content (AvgIpc) is 2.99. The van der Waals surface area contributed by atoms with Crippen molar-refractivity contribution in [3.05, 3.63) is 48.4 Å². The number of rotatable bonds is 5. The Morgan fingerprint density at radius 2 is 1.95 bits per heavy atom. The van der Waals surface area contributed by atoms with Crippen molar-refractivity contribution in [2.45, 2.75) is 13.5 Å². The number of nitrogens with one attached hydrogen (secondary N) is 1. The second-order valence-corrected chi connectivity index (χ2v) is 4.43. The minimum atomic E-state index is 0.444. The van der Waals surface area contributed by atoms with Gasteiger partial charge in [0.25, 0.3) is 0 Å². The fourth-order valence-corrected chi connectivity index (χ4v) is 1.87. The molecule has 0 radical (unpaired) electrons. The molecular formula is C14H15N7. The van der Waals surface area contributed by atoms with Gasteiger partial charge in [-0.05, 0) is 12.1 Å². The van der Waals surface area contributed by atoms with Crippen LogP contribution >= 0.6 is 0 Å². The summed E-state index contributed by atoms with van der Waals surface area (Å²) < 4.78 is 0. The lowest BCUT2D eigenvalue weighted by Crippen LogP contribution is -2.07. The Bertz CT molecular complexity index is 691. The molecule has 0 bridgehead atoms. The SMILES string of the molecule is CCNc1cnc(Cn2nnc(-c3ccccc3)n2)cn1. The van der Waals surface area contributed by atoms with Gasteiger partial charge in [0.1, 0.15) is 12.4 Å². The van der Waals surface area contributed by atoms with E-state index in [2.05, 4.69) is 30.7 Å². The third-order valence-corrected chi connectivity index (χ3v) is 2.85. The van der Waals surface area contributed by atoms with E-state index in [9.17, 15) is 0 Å². The number of hydrogen-bond donors (Lipinski definition) is 1. The summed E-state index contributed by atoms with van der Waals surface area (Å²) in [6.07, 6.45) is 3.41. The Labute approximate surface area is 122 Å². The number of aromatic nitrogens is 6. The van der Waals surface area contributed by atoms with E-state index in [1.165, 1.54) is 4.80 Å².